The Hall–Kier alpha value is -3.29. The zero-order chi connectivity index (χ0) is 23.2. The number of carbonyl (C=O) groups excluding carboxylic acids is 1. The van der Waals surface area contributed by atoms with Gasteiger partial charge in [0.2, 0.25) is 5.91 Å². The van der Waals surface area contributed by atoms with Crippen LogP contribution in [0.3, 0.4) is 0 Å². The fourth-order valence-electron chi connectivity index (χ4n) is 3.20. The molecule has 168 valence electrons. The monoisotopic (exact) mass is 478 g/mol. The second kappa shape index (κ2) is 10.6. The van der Waals surface area contributed by atoms with Crippen LogP contribution < -0.4 is 10.1 Å². The Morgan fingerprint density at radius 2 is 1.70 bits per heavy atom. The molecule has 0 fully saturated rings. The highest BCUT2D eigenvalue weighted by Gasteiger charge is 2.17. The van der Waals surface area contributed by atoms with Crippen molar-refractivity contribution < 1.29 is 9.53 Å². The molecule has 0 bridgehead atoms. The van der Waals surface area contributed by atoms with Crippen LogP contribution in [0.25, 0.3) is 17.1 Å². The maximum absolute atomic E-state index is 12.5. The van der Waals surface area contributed by atoms with Gasteiger partial charge in [0.1, 0.15) is 5.75 Å². The zero-order valence-electron chi connectivity index (χ0n) is 18.3. The lowest BCUT2D eigenvalue weighted by Gasteiger charge is -2.12. The number of hydrogen-bond donors (Lipinski definition) is 1. The lowest BCUT2D eigenvalue weighted by atomic mass is 10.2. The van der Waals surface area contributed by atoms with Gasteiger partial charge >= 0.3 is 0 Å². The Morgan fingerprint density at radius 3 is 2.36 bits per heavy atom. The molecule has 4 rings (SSSR count). The summed E-state index contributed by atoms with van der Waals surface area (Å²) in [6.45, 7) is 4.55. The number of halogens is 1. The Labute approximate surface area is 202 Å². The minimum Gasteiger partial charge on any atom is -0.494 e. The van der Waals surface area contributed by atoms with Crippen LogP contribution in [0.2, 0.25) is 5.02 Å². The van der Waals surface area contributed by atoms with Gasteiger partial charge in [-0.25, -0.2) is 0 Å². The van der Waals surface area contributed by atoms with Crippen LogP contribution >= 0.6 is 23.4 Å². The smallest absolute Gasteiger partial charge is 0.234 e. The van der Waals surface area contributed by atoms with Crippen molar-refractivity contribution in [1.82, 2.24) is 14.8 Å². The van der Waals surface area contributed by atoms with E-state index in [1.165, 1.54) is 11.8 Å². The standard InChI is InChI=1S/C25H23ClN4O2S/c1-3-32-22-14-12-21(13-15-22)30-24(18-6-8-19(26)9-7-18)28-29-25(30)33-16-23(31)27-20-10-4-17(2)5-11-20/h4-15H,3,16H2,1-2H3,(H,27,31). The Balaban J connectivity index is 1.59. The summed E-state index contributed by atoms with van der Waals surface area (Å²) >= 11 is 7.39. The average molecular weight is 479 g/mol. The van der Waals surface area contributed by atoms with Gasteiger partial charge < -0.3 is 10.1 Å². The molecule has 0 spiro atoms. The molecule has 1 aromatic heterocycles. The van der Waals surface area contributed by atoms with Gasteiger partial charge in [-0.1, -0.05) is 41.1 Å². The highest BCUT2D eigenvalue weighted by molar-refractivity contribution is 7.99. The van der Waals surface area contributed by atoms with Gasteiger partial charge in [0.05, 0.1) is 12.4 Å². The summed E-state index contributed by atoms with van der Waals surface area (Å²) in [5, 5.41) is 13.0. The molecule has 0 unspecified atom stereocenters. The summed E-state index contributed by atoms with van der Waals surface area (Å²) in [5.41, 5.74) is 3.65. The van der Waals surface area contributed by atoms with Gasteiger partial charge in [-0.15, -0.1) is 10.2 Å². The first-order valence-corrected chi connectivity index (χ1v) is 11.8. The van der Waals surface area contributed by atoms with Crippen LogP contribution in [0.4, 0.5) is 5.69 Å². The minimum absolute atomic E-state index is 0.113. The highest BCUT2D eigenvalue weighted by atomic mass is 35.5. The molecule has 1 N–H and O–H groups in total. The Kier molecular flexibility index (Phi) is 7.32. The van der Waals surface area contributed by atoms with E-state index in [0.29, 0.717) is 22.6 Å². The molecule has 33 heavy (non-hydrogen) atoms. The van der Waals surface area contributed by atoms with E-state index < -0.39 is 0 Å². The van der Waals surface area contributed by atoms with Crippen LogP contribution in [0.1, 0.15) is 12.5 Å². The molecule has 3 aromatic carbocycles. The molecule has 1 heterocycles. The van der Waals surface area contributed by atoms with Gasteiger partial charge in [0.25, 0.3) is 0 Å². The molecule has 0 atom stereocenters. The van der Waals surface area contributed by atoms with Gasteiger partial charge in [-0.3, -0.25) is 9.36 Å². The predicted molar refractivity (Wildman–Crippen MR) is 134 cm³/mol. The number of rotatable bonds is 8. The maximum Gasteiger partial charge on any atom is 0.234 e. The molecular formula is C25H23ClN4O2S. The quantitative estimate of drug-likeness (QED) is 0.313. The molecule has 0 saturated heterocycles. The van der Waals surface area contributed by atoms with Crippen LogP contribution in [-0.4, -0.2) is 33.0 Å². The number of hydrogen-bond acceptors (Lipinski definition) is 5. The van der Waals surface area contributed by atoms with E-state index in [0.717, 1.165) is 28.3 Å². The molecule has 0 aliphatic rings. The van der Waals surface area contributed by atoms with Gasteiger partial charge in [-0.05, 0) is 74.5 Å². The first-order chi connectivity index (χ1) is 16.0. The summed E-state index contributed by atoms with van der Waals surface area (Å²) < 4.78 is 7.50. The maximum atomic E-state index is 12.5. The number of carbonyl (C=O) groups is 1. The van der Waals surface area contributed by atoms with E-state index in [9.17, 15) is 4.79 Å². The van der Waals surface area contributed by atoms with E-state index in [2.05, 4.69) is 15.5 Å². The number of nitrogens with zero attached hydrogens (tertiary/aromatic N) is 3. The number of aryl methyl sites for hydroxylation is 1. The topological polar surface area (TPSA) is 69.0 Å². The van der Waals surface area contributed by atoms with E-state index in [4.69, 9.17) is 16.3 Å². The molecule has 4 aromatic rings. The molecular weight excluding hydrogens is 456 g/mol. The molecule has 0 radical (unpaired) electrons. The van der Waals surface area contributed by atoms with E-state index >= 15 is 0 Å². The third-order valence-corrected chi connectivity index (χ3v) is 5.99. The van der Waals surface area contributed by atoms with E-state index in [1.807, 2.05) is 91.2 Å². The molecule has 6 nitrogen and oxygen atoms in total. The SMILES string of the molecule is CCOc1ccc(-n2c(SCC(=O)Nc3ccc(C)cc3)nnc2-c2ccc(Cl)cc2)cc1. The average Bonchev–Trinajstić information content (AvgIpc) is 3.24. The first-order valence-electron chi connectivity index (χ1n) is 10.5. The normalized spacial score (nSPS) is 10.8. The lowest BCUT2D eigenvalue weighted by Crippen LogP contribution is -2.14. The first kappa shape index (κ1) is 22.9. The Morgan fingerprint density at radius 1 is 1.00 bits per heavy atom. The fourth-order valence-corrected chi connectivity index (χ4v) is 4.08. The molecule has 8 heteroatoms. The van der Waals surface area contributed by atoms with Crippen molar-refractivity contribution in [2.75, 3.05) is 17.7 Å². The van der Waals surface area contributed by atoms with Crippen molar-refractivity contribution in [1.29, 1.82) is 0 Å². The second-order valence-corrected chi connectivity index (χ2v) is 8.66. The van der Waals surface area contributed by atoms with Crippen molar-refractivity contribution in [3.63, 3.8) is 0 Å². The molecule has 0 saturated carbocycles. The lowest BCUT2D eigenvalue weighted by molar-refractivity contribution is -0.113. The minimum atomic E-state index is -0.113. The van der Waals surface area contributed by atoms with Crippen LogP contribution in [0.15, 0.2) is 78.0 Å². The number of ether oxygens (including phenoxy) is 1. The van der Waals surface area contributed by atoms with Crippen LogP contribution in [0.5, 0.6) is 5.75 Å². The number of nitrogens with one attached hydrogen (secondary N) is 1. The van der Waals surface area contributed by atoms with Crippen LogP contribution in [-0.2, 0) is 4.79 Å². The largest absolute Gasteiger partial charge is 0.494 e. The Bertz CT molecular complexity index is 1220. The van der Waals surface area contributed by atoms with Gasteiger partial charge in [-0.2, -0.15) is 0 Å². The van der Waals surface area contributed by atoms with Crippen molar-refractivity contribution in [3.8, 4) is 22.8 Å². The summed E-state index contributed by atoms with van der Waals surface area (Å²) in [6.07, 6.45) is 0. The third kappa shape index (κ3) is 5.74. The predicted octanol–water partition coefficient (Wildman–Crippen LogP) is 6.03. The van der Waals surface area contributed by atoms with Crippen molar-refractivity contribution in [3.05, 3.63) is 83.4 Å². The number of aromatic nitrogens is 3. The van der Waals surface area contributed by atoms with Crippen molar-refractivity contribution in [2.24, 2.45) is 0 Å². The van der Waals surface area contributed by atoms with Crippen molar-refractivity contribution >= 4 is 35.0 Å². The number of benzene rings is 3. The summed E-state index contributed by atoms with van der Waals surface area (Å²) in [7, 11) is 0. The van der Waals surface area contributed by atoms with Gasteiger partial charge in [0.15, 0.2) is 11.0 Å². The highest BCUT2D eigenvalue weighted by Crippen LogP contribution is 2.29. The van der Waals surface area contributed by atoms with E-state index in [-0.39, 0.29) is 11.7 Å². The van der Waals surface area contributed by atoms with Crippen LogP contribution in [0, 0.1) is 6.92 Å². The number of anilines is 1. The fraction of sp³-hybridized carbons (Fsp3) is 0.160. The number of thioether (sulfide) groups is 1. The summed E-state index contributed by atoms with van der Waals surface area (Å²) in [4.78, 5) is 12.5. The van der Waals surface area contributed by atoms with Crippen molar-refractivity contribution in [2.45, 2.75) is 19.0 Å². The molecule has 0 aliphatic heterocycles. The van der Waals surface area contributed by atoms with Gasteiger partial charge in [0, 0.05) is 22.0 Å². The number of amides is 1. The zero-order valence-corrected chi connectivity index (χ0v) is 19.9. The second-order valence-electron chi connectivity index (χ2n) is 7.28. The summed E-state index contributed by atoms with van der Waals surface area (Å²) in [6, 6.07) is 22.8. The summed E-state index contributed by atoms with van der Waals surface area (Å²) in [5.74, 6) is 1.54. The van der Waals surface area contributed by atoms with E-state index in [1.54, 1.807) is 0 Å². The third-order valence-electron chi connectivity index (χ3n) is 4.81. The molecule has 0 aliphatic carbocycles. The molecule has 1 amide bonds.